The minimum absolute atomic E-state index is 0.447. The van der Waals surface area contributed by atoms with E-state index in [4.69, 9.17) is 8.85 Å². The molecule has 0 amide bonds. The molecule has 1 heterocycles. The van der Waals surface area contributed by atoms with Gasteiger partial charge in [0.1, 0.15) is 8.24 Å². The number of rotatable bonds is 9. The van der Waals surface area contributed by atoms with Crippen molar-refractivity contribution in [2.45, 2.75) is 65.2 Å². The van der Waals surface area contributed by atoms with Crippen LogP contribution in [0.15, 0.2) is 0 Å². The van der Waals surface area contributed by atoms with Gasteiger partial charge < -0.3 is 18.3 Å². The number of hydrogen-bond donors (Lipinski definition) is 0. The summed E-state index contributed by atoms with van der Waals surface area (Å²) in [5.74, 6) is 0. The summed E-state index contributed by atoms with van der Waals surface area (Å²) in [6.45, 7) is 24.2. The Balaban J connectivity index is 2.31. The highest BCUT2D eigenvalue weighted by molar-refractivity contribution is 6.77. The summed E-state index contributed by atoms with van der Waals surface area (Å²) in [5.41, 5.74) is 0. The Morgan fingerprint density at radius 1 is 0.957 bits per heavy atom. The predicted molar refractivity (Wildman–Crippen MR) is 105 cm³/mol. The molecule has 0 saturated carbocycles. The Morgan fingerprint density at radius 3 is 1.91 bits per heavy atom. The average Bonchev–Trinajstić information content (AvgIpc) is 2.47. The van der Waals surface area contributed by atoms with Gasteiger partial charge in [-0.15, -0.1) is 0 Å². The van der Waals surface area contributed by atoms with Crippen LogP contribution in [0.25, 0.3) is 0 Å². The van der Waals surface area contributed by atoms with E-state index in [1.807, 2.05) is 0 Å². The first-order valence-electron chi connectivity index (χ1n) is 9.43. The van der Waals surface area contributed by atoms with Gasteiger partial charge in [0.2, 0.25) is 0 Å². The van der Waals surface area contributed by atoms with Gasteiger partial charge in [0.15, 0.2) is 0 Å². The van der Waals surface area contributed by atoms with E-state index in [0.717, 1.165) is 19.3 Å². The monoisotopic (exact) mass is 360 g/mol. The van der Waals surface area contributed by atoms with Gasteiger partial charge in [-0.3, -0.25) is 0 Å². The molecule has 138 valence electrons. The molecule has 1 saturated heterocycles. The summed E-state index contributed by atoms with van der Waals surface area (Å²) < 4.78 is 14.3. The molecule has 0 aromatic carbocycles. The molecule has 1 rings (SSSR count). The topological polar surface area (TPSA) is 24.9 Å². The molecular formula is C17H40N2O2Si2. The van der Waals surface area contributed by atoms with Crippen LogP contribution in [-0.2, 0) is 8.85 Å². The van der Waals surface area contributed by atoms with Crippen LogP contribution in [0.2, 0.25) is 24.2 Å². The second-order valence-corrected chi connectivity index (χ2v) is 15.5. The molecule has 6 heteroatoms. The summed E-state index contributed by atoms with van der Waals surface area (Å²) >= 11 is 0. The van der Waals surface area contributed by atoms with Gasteiger partial charge in [-0.05, 0) is 37.9 Å². The molecule has 0 N–H and O–H groups in total. The molecule has 23 heavy (non-hydrogen) atoms. The highest BCUT2D eigenvalue weighted by Gasteiger charge is 2.41. The third-order valence-electron chi connectivity index (χ3n) is 5.62. The molecule has 0 aliphatic carbocycles. The Morgan fingerprint density at radius 2 is 1.48 bits per heavy atom. The first-order chi connectivity index (χ1) is 10.7. The van der Waals surface area contributed by atoms with E-state index in [1.165, 1.54) is 39.1 Å². The van der Waals surface area contributed by atoms with E-state index in [0.29, 0.717) is 5.04 Å². The van der Waals surface area contributed by atoms with Crippen LogP contribution < -0.4 is 0 Å². The molecule has 0 aromatic rings. The summed E-state index contributed by atoms with van der Waals surface area (Å²) in [5, 5.41) is 0.447. The SMILES string of the molecule is CCO[SiH](CCCN1CCN([Si](C)(C)C(C)(C)C)CC1)OCC. The second-order valence-electron chi connectivity index (χ2n) is 8.12. The van der Waals surface area contributed by atoms with Crippen molar-refractivity contribution in [3.8, 4) is 0 Å². The minimum Gasteiger partial charge on any atom is -0.397 e. The lowest BCUT2D eigenvalue weighted by molar-refractivity contribution is 0.175. The zero-order chi connectivity index (χ0) is 17.5. The van der Waals surface area contributed by atoms with Gasteiger partial charge in [-0.25, -0.2) is 0 Å². The summed E-state index contributed by atoms with van der Waals surface area (Å²) in [7, 11) is -2.73. The van der Waals surface area contributed by atoms with Gasteiger partial charge in [0.05, 0.1) is 0 Å². The van der Waals surface area contributed by atoms with Crippen molar-refractivity contribution in [1.29, 1.82) is 0 Å². The van der Waals surface area contributed by atoms with Crippen LogP contribution in [-0.4, -0.2) is 72.9 Å². The molecule has 0 atom stereocenters. The van der Waals surface area contributed by atoms with Crippen molar-refractivity contribution in [3.63, 3.8) is 0 Å². The van der Waals surface area contributed by atoms with E-state index < -0.39 is 17.5 Å². The summed E-state index contributed by atoms with van der Waals surface area (Å²) in [4.78, 5) is 2.63. The molecule has 0 unspecified atom stereocenters. The van der Waals surface area contributed by atoms with Gasteiger partial charge in [0, 0.05) is 39.4 Å². The van der Waals surface area contributed by atoms with Crippen molar-refractivity contribution >= 4 is 17.5 Å². The smallest absolute Gasteiger partial charge is 0.321 e. The standard InChI is InChI=1S/C17H40N2O2Si2/c1-8-20-22(21-9-2)16-10-11-18-12-14-19(15-13-18)23(6,7)17(3,4)5/h22H,8-16H2,1-7H3. The van der Waals surface area contributed by atoms with E-state index in [9.17, 15) is 0 Å². The minimum atomic E-state index is -1.40. The maximum absolute atomic E-state index is 5.77. The average molecular weight is 361 g/mol. The maximum Gasteiger partial charge on any atom is 0.321 e. The second kappa shape index (κ2) is 9.68. The van der Waals surface area contributed by atoms with Gasteiger partial charge >= 0.3 is 9.28 Å². The first-order valence-corrected chi connectivity index (χ1v) is 14.1. The van der Waals surface area contributed by atoms with Crippen molar-refractivity contribution in [2.24, 2.45) is 0 Å². The maximum atomic E-state index is 5.77. The summed E-state index contributed by atoms with van der Waals surface area (Å²) in [6, 6.07) is 1.14. The highest BCUT2D eigenvalue weighted by Crippen LogP contribution is 2.38. The predicted octanol–water partition coefficient (Wildman–Crippen LogP) is 3.29. The van der Waals surface area contributed by atoms with E-state index in [1.54, 1.807) is 0 Å². The zero-order valence-corrected chi connectivity index (χ0v) is 18.8. The van der Waals surface area contributed by atoms with Crippen LogP contribution in [0.4, 0.5) is 0 Å². The fourth-order valence-electron chi connectivity index (χ4n) is 3.07. The van der Waals surface area contributed by atoms with Crippen molar-refractivity contribution in [2.75, 3.05) is 45.9 Å². The molecule has 1 fully saturated rings. The Labute approximate surface area is 147 Å². The van der Waals surface area contributed by atoms with Crippen LogP contribution >= 0.6 is 0 Å². The third kappa shape index (κ3) is 6.59. The lowest BCUT2D eigenvalue weighted by Gasteiger charge is -2.49. The number of hydrogen-bond acceptors (Lipinski definition) is 4. The quantitative estimate of drug-likeness (QED) is 0.589. The Hall–Kier alpha value is 0.274. The normalized spacial score (nSPS) is 18.8. The fourth-order valence-corrected chi connectivity index (χ4v) is 7.03. The highest BCUT2D eigenvalue weighted by atomic mass is 28.3. The van der Waals surface area contributed by atoms with Crippen molar-refractivity contribution < 1.29 is 8.85 Å². The van der Waals surface area contributed by atoms with Crippen LogP contribution in [0.5, 0.6) is 0 Å². The van der Waals surface area contributed by atoms with Crippen LogP contribution in [0.1, 0.15) is 41.0 Å². The first kappa shape index (κ1) is 21.3. The zero-order valence-electron chi connectivity index (χ0n) is 16.7. The largest absolute Gasteiger partial charge is 0.397 e. The van der Waals surface area contributed by atoms with E-state index >= 15 is 0 Å². The number of nitrogens with zero attached hydrogens (tertiary/aromatic N) is 2. The Kier molecular flexibility index (Phi) is 8.97. The lowest BCUT2D eigenvalue weighted by atomic mass is 10.2. The van der Waals surface area contributed by atoms with Crippen molar-refractivity contribution in [1.82, 2.24) is 9.47 Å². The molecule has 1 aliphatic rings. The number of piperazine rings is 1. The molecule has 1 aliphatic heterocycles. The molecule has 0 radical (unpaired) electrons. The van der Waals surface area contributed by atoms with Gasteiger partial charge in [-0.2, -0.15) is 0 Å². The summed E-state index contributed by atoms with van der Waals surface area (Å²) in [6.07, 6.45) is 1.22. The van der Waals surface area contributed by atoms with Crippen molar-refractivity contribution in [3.05, 3.63) is 0 Å². The van der Waals surface area contributed by atoms with E-state index in [2.05, 4.69) is 57.2 Å². The lowest BCUT2D eigenvalue weighted by Crippen LogP contribution is -2.61. The molecule has 0 spiro atoms. The molecule has 0 aromatic heterocycles. The molecular weight excluding hydrogens is 320 g/mol. The third-order valence-corrected chi connectivity index (χ3v) is 13.6. The van der Waals surface area contributed by atoms with E-state index in [-0.39, 0.29) is 0 Å². The van der Waals surface area contributed by atoms with Gasteiger partial charge in [0.25, 0.3) is 0 Å². The molecule has 0 bridgehead atoms. The van der Waals surface area contributed by atoms with Crippen LogP contribution in [0.3, 0.4) is 0 Å². The van der Waals surface area contributed by atoms with Gasteiger partial charge in [-0.1, -0.05) is 33.9 Å². The van der Waals surface area contributed by atoms with Crippen LogP contribution in [0, 0.1) is 0 Å². The fraction of sp³-hybridized carbons (Fsp3) is 1.00. The Bertz CT molecular complexity index is 321. The molecule has 4 nitrogen and oxygen atoms in total.